The molecule has 2 heterocycles. The van der Waals surface area contributed by atoms with Crippen molar-refractivity contribution in [3.05, 3.63) is 30.1 Å². The van der Waals surface area contributed by atoms with Gasteiger partial charge in [0, 0.05) is 32.5 Å². The molecule has 1 saturated heterocycles. The first kappa shape index (κ1) is 20.8. The normalized spacial score (nSPS) is 19.5. The number of benzene rings is 1. The monoisotopic (exact) mass is 403 g/mol. The molecular weight excluding hydrogens is 377 g/mol. The Morgan fingerprint density at radius 2 is 1.76 bits per heavy atom. The Balaban J connectivity index is 1.56. The van der Waals surface area contributed by atoms with Crippen LogP contribution in [0.4, 0.5) is 10.1 Å². The third kappa shape index (κ3) is 5.30. The predicted octanol–water partition coefficient (Wildman–Crippen LogP) is 1.15. The zero-order valence-electron chi connectivity index (χ0n) is 16.3. The van der Waals surface area contributed by atoms with Gasteiger partial charge in [-0.25, -0.2) is 4.39 Å². The van der Waals surface area contributed by atoms with Gasteiger partial charge in [0.05, 0.1) is 5.69 Å². The summed E-state index contributed by atoms with van der Waals surface area (Å²) in [6.07, 6.45) is 4.60. The number of primary amides is 1. The summed E-state index contributed by atoms with van der Waals surface area (Å²) in [7, 11) is 0. The number of hydrazone groups is 1. The zero-order valence-corrected chi connectivity index (χ0v) is 16.3. The van der Waals surface area contributed by atoms with Crippen molar-refractivity contribution >= 4 is 29.1 Å². The number of carbonyl (C=O) groups is 3. The molecule has 1 aromatic rings. The molecule has 0 radical (unpaired) electrons. The molecule has 0 bridgehead atoms. The molecule has 29 heavy (non-hydrogen) atoms. The Morgan fingerprint density at radius 3 is 2.38 bits per heavy atom. The van der Waals surface area contributed by atoms with Gasteiger partial charge in [0.2, 0.25) is 11.8 Å². The van der Waals surface area contributed by atoms with E-state index in [0.717, 1.165) is 38.8 Å². The van der Waals surface area contributed by atoms with Gasteiger partial charge in [0.1, 0.15) is 17.6 Å². The van der Waals surface area contributed by atoms with Crippen molar-refractivity contribution in [2.75, 3.05) is 24.6 Å². The first-order valence-electron chi connectivity index (χ1n) is 9.93. The van der Waals surface area contributed by atoms with Gasteiger partial charge in [-0.2, -0.15) is 5.10 Å². The lowest BCUT2D eigenvalue weighted by atomic mass is 10.1. The number of anilines is 1. The van der Waals surface area contributed by atoms with E-state index in [-0.39, 0.29) is 31.0 Å². The number of carbonyl (C=O) groups excluding carboxylic acids is 3. The third-order valence-corrected chi connectivity index (χ3v) is 5.18. The third-order valence-electron chi connectivity index (χ3n) is 5.18. The molecule has 9 heteroatoms. The maximum Gasteiger partial charge on any atom is 0.267 e. The molecule has 3 amide bonds. The van der Waals surface area contributed by atoms with Crippen molar-refractivity contribution < 1.29 is 18.8 Å². The molecule has 156 valence electrons. The molecule has 1 fully saturated rings. The smallest absolute Gasteiger partial charge is 0.267 e. The highest BCUT2D eigenvalue weighted by Gasteiger charge is 2.35. The molecule has 2 aliphatic heterocycles. The SMILES string of the molecule is NC(=O)C1CC(C(=O)NCCC(=O)N2CCCCCC2)=NN1c1ccc(F)cc1. The molecule has 3 rings (SSSR count). The molecule has 0 saturated carbocycles. The lowest BCUT2D eigenvalue weighted by molar-refractivity contribution is -0.131. The number of amides is 3. The van der Waals surface area contributed by atoms with Crippen LogP contribution in [0.5, 0.6) is 0 Å². The van der Waals surface area contributed by atoms with E-state index in [1.54, 1.807) is 0 Å². The van der Waals surface area contributed by atoms with Gasteiger partial charge >= 0.3 is 0 Å². The predicted molar refractivity (Wildman–Crippen MR) is 107 cm³/mol. The van der Waals surface area contributed by atoms with Crippen LogP contribution in [0.25, 0.3) is 0 Å². The van der Waals surface area contributed by atoms with Crippen LogP contribution in [-0.4, -0.2) is 54.0 Å². The maximum atomic E-state index is 13.2. The molecular formula is C20H26FN5O3. The number of halogens is 1. The van der Waals surface area contributed by atoms with Gasteiger partial charge in [0.25, 0.3) is 5.91 Å². The number of nitrogens with one attached hydrogen (secondary N) is 1. The van der Waals surface area contributed by atoms with Crippen molar-refractivity contribution in [3.63, 3.8) is 0 Å². The van der Waals surface area contributed by atoms with Crippen LogP contribution in [0.15, 0.2) is 29.4 Å². The summed E-state index contributed by atoms with van der Waals surface area (Å²) < 4.78 is 13.2. The van der Waals surface area contributed by atoms with E-state index in [9.17, 15) is 18.8 Å². The van der Waals surface area contributed by atoms with Gasteiger partial charge in [-0.15, -0.1) is 0 Å². The minimum atomic E-state index is -0.819. The average Bonchev–Trinajstić information content (AvgIpc) is 2.97. The number of rotatable bonds is 6. The van der Waals surface area contributed by atoms with Gasteiger partial charge in [-0.1, -0.05) is 12.8 Å². The van der Waals surface area contributed by atoms with E-state index >= 15 is 0 Å². The summed E-state index contributed by atoms with van der Waals surface area (Å²) in [6.45, 7) is 1.74. The Hall–Kier alpha value is -2.97. The lowest BCUT2D eigenvalue weighted by Gasteiger charge is -2.20. The van der Waals surface area contributed by atoms with Gasteiger partial charge in [-0.05, 0) is 37.1 Å². The standard InChI is InChI=1S/C20H26FN5O3/c21-14-5-7-15(8-6-14)26-17(19(22)28)13-16(24-26)20(29)23-10-9-18(27)25-11-3-1-2-4-12-25/h5-8,17H,1-4,9-13H2,(H2,22,28)(H,23,29). The molecule has 2 aliphatic rings. The van der Waals surface area contributed by atoms with Crippen molar-refractivity contribution in [3.8, 4) is 0 Å². The van der Waals surface area contributed by atoms with E-state index < -0.39 is 23.7 Å². The number of nitrogens with two attached hydrogens (primary N) is 1. The Kier molecular flexibility index (Phi) is 6.79. The largest absolute Gasteiger partial charge is 0.368 e. The summed E-state index contributed by atoms with van der Waals surface area (Å²) >= 11 is 0. The van der Waals surface area contributed by atoms with Crippen LogP contribution in [0.2, 0.25) is 0 Å². The summed E-state index contributed by atoms with van der Waals surface area (Å²) in [5, 5.41) is 8.24. The summed E-state index contributed by atoms with van der Waals surface area (Å²) in [5.41, 5.74) is 6.06. The summed E-state index contributed by atoms with van der Waals surface area (Å²) in [5.74, 6) is -1.45. The first-order chi connectivity index (χ1) is 14.0. The van der Waals surface area contributed by atoms with Gasteiger partial charge in [-0.3, -0.25) is 19.4 Å². The summed E-state index contributed by atoms with van der Waals surface area (Å²) in [4.78, 5) is 38.4. The number of hydrogen-bond acceptors (Lipinski definition) is 5. The molecule has 0 spiro atoms. The van der Waals surface area contributed by atoms with E-state index in [1.165, 1.54) is 29.3 Å². The fraction of sp³-hybridized carbons (Fsp3) is 0.500. The molecule has 1 atom stereocenters. The minimum Gasteiger partial charge on any atom is -0.368 e. The molecule has 1 unspecified atom stereocenters. The van der Waals surface area contributed by atoms with Gasteiger partial charge < -0.3 is 16.0 Å². The molecule has 0 aliphatic carbocycles. The number of hydrogen-bond donors (Lipinski definition) is 2. The highest BCUT2D eigenvalue weighted by atomic mass is 19.1. The van der Waals surface area contributed by atoms with E-state index in [0.29, 0.717) is 5.69 Å². The average molecular weight is 403 g/mol. The van der Waals surface area contributed by atoms with Crippen molar-refractivity contribution in [2.24, 2.45) is 10.8 Å². The Morgan fingerprint density at radius 1 is 1.10 bits per heavy atom. The fourth-order valence-electron chi connectivity index (χ4n) is 3.56. The zero-order chi connectivity index (χ0) is 20.8. The van der Waals surface area contributed by atoms with Crippen LogP contribution in [0.1, 0.15) is 38.5 Å². The van der Waals surface area contributed by atoms with Crippen LogP contribution in [-0.2, 0) is 14.4 Å². The van der Waals surface area contributed by atoms with Crippen molar-refractivity contribution in [1.82, 2.24) is 10.2 Å². The van der Waals surface area contributed by atoms with Crippen LogP contribution >= 0.6 is 0 Å². The van der Waals surface area contributed by atoms with Gasteiger partial charge in [0.15, 0.2) is 0 Å². The topological polar surface area (TPSA) is 108 Å². The quantitative estimate of drug-likeness (QED) is 0.743. The highest BCUT2D eigenvalue weighted by Crippen LogP contribution is 2.24. The lowest BCUT2D eigenvalue weighted by Crippen LogP contribution is -2.40. The number of nitrogens with zero attached hydrogens (tertiary/aromatic N) is 3. The Labute approximate surface area is 168 Å². The second-order valence-electron chi connectivity index (χ2n) is 7.29. The summed E-state index contributed by atoms with van der Waals surface area (Å²) in [6, 6.07) is 4.61. The molecule has 1 aromatic carbocycles. The van der Waals surface area contributed by atoms with Crippen LogP contribution < -0.4 is 16.1 Å². The second kappa shape index (κ2) is 9.49. The number of likely N-dealkylation sites (tertiary alicyclic amines) is 1. The fourth-order valence-corrected chi connectivity index (χ4v) is 3.56. The highest BCUT2D eigenvalue weighted by molar-refractivity contribution is 6.40. The van der Waals surface area contributed by atoms with E-state index in [2.05, 4.69) is 10.4 Å². The van der Waals surface area contributed by atoms with Crippen molar-refractivity contribution in [2.45, 2.75) is 44.6 Å². The molecule has 3 N–H and O–H groups in total. The van der Waals surface area contributed by atoms with Crippen LogP contribution in [0.3, 0.4) is 0 Å². The Bertz CT molecular complexity index is 788. The first-order valence-corrected chi connectivity index (χ1v) is 9.93. The van der Waals surface area contributed by atoms with E-state index in [4.69, 9.17) is 5.73 Å². The van der Waals surface area contributed by atoms with Crippen molar-refractivity contribution in [1.29, 1.82) is 0 Å². The molecule has 0 aromatic heterocycles. The van der Waals surface area contributed by atoms with E-state index in [1.807, 2.05) is 4.90 Å². The second-order valence-corrected chi connectivity index (χ2v) is 7.29. The molecule has 8 nitrogen and oxygen atoms in total. The minimum absolute atomic E-state index is 0.0310. The van der Waals surface area contributed by atoms with Crippen LogP contribution in [0, 0.1) is 5.82 Å². The maximum absolute atomic E-state index is 13.2.